The lowest BCUT2D eigenvalue weighted by molar-refractivity contribution is -0.127. The molecule has 0 N–H and O–H groups in total. The minimum absolute atomic E-state index is 0.0975. The Balaban J connectivity index is 2.56. The Kier molecular flexibility index (Phi) is 7.84. The van der Waals surface area contributed by atoms with E-state index in [4.69, 9.17) is 0 Å². The molecule has 0 aliphatic heterocycles. The number of amides is 1. The first-order valence-electron chi connectivity index (χ1n) is 10.1. The summed E-state index contributed by atoms with van der Waals surface area (Å²) in [5.74, 6) is 0.0975. The summed E-state index contributed by atoms with van der Waals surface area (Å²) in [6, 6.07) is 10.2. The summed E-state index contributed by atoms with van der Waals surface area (Å²) in [5.41, 5.74) is 5.32. The van der Waals surface area contributed by atoms with Gasteiger partial charge in [-0.05, 0) is 50.7 Å². The highest BCUT2D eigenvalue weighted by atomic mass is 16.2. The van der Waals surface area contributed by atoms with E-state index in [0.717, 1.165) is 48.9 Å². The van der Waals surface area contributed by atoms with Gasteiger partial charge < -0.3 is 4.90 Å². The predicted octanol–water partition coefficient (Wildman–Crippen LogP) is 6.89. The Labute approximate surface area is 165 Å². The van der Waals surface area contributed by atoms with Gasteiger partial charge in [0.05, 0.1) is 6.04 Å². The minimum Gasteiger partial charge on any atom is -0.302 e. The molecule has 144 valence electrons. The van der Waals surface area contributed by atoms with Gasteiger partial charge in [-0.15, -0.1) is 0 Å². The molecule has 0 saturated carbocycles. The van der Waals surface area contributed by atoms with E-state index >= 15 is 0 Å². The average molecular weight is 364 g/mol. The van der Waals surface area contributed by atoms with Gasteiger partial charge in [-0.2, -0.15) is 0 Å². The molecule has 0 fully saturated rings. The predicted molar refractivity (Wildman–Crippen MR) is 115 cm³/mol. The molecule has 1 aliphatic rings. The van der Waals surface area contributed by atoms with Gasteiger partial charge in [0.15, 0.2) is 0 Å². The Morgan fingerprint density at radius 1 is 1.19 bits per heavy atom. The van der Waals surface area contributed by atoms with E-state index < -0.39 is 0 Å². The first kappa shape index (κ1) is 21.0. The molecule has 2 heteroatoms. The second-order valence-corrected chi connectivity index (χ2v) is 7.29. The van der Waals surface area contributed by atoms with Crippen LogP contribution in [0, 0.1) is 0 Å². The van der Waals surface area contributed by atoms with E-state index in [2.05, 4.69) is 57.7 Å². The standard InChI is InChI=1S/C25H33NO/c1-6-14-20(5)23(7-2)25(27)26(19(3)4)24(21-15-10-8-11-16-21)22-17-12-9-13-18-22/h8-12,15-17,24H,3,6-7,13-14,18H2,1-2,4-5H3/b23-20+. The molecule has 1 amide bonds. The molecule has 0 spiro atoms. The molecule has 0 saturated heterocycles. The molecule has 0 heterocycles. The molecule has 0 bridgehead atoms. The van der Waals surface area contributed by atoms with Crippen LogP contribution in [-0.4, -0.2) is 10.8 Å². The Morgan fingerprint density at radius 2 is 1.89 bits per heavy atom. The first-order valence-corrected chi connectivity index (χ1v) is 10.1. The van der Waals surface area contributed by atoms with E-state index in [1.807, 2.05) is 30.0 Å². The summed E-state index contributed by atoms with van der Waals surface area (Å²) in [6.07, 6.45) is 11.2. The molecule has 2 nitrogen and oxygen atoms in total. The summed E-state index contributed by atoms with van der Waals surface area (Å²) >= 11 is 0. The van der Waals surface area contributed by atoms with Gasteiger partial charge in [0.1, 0.15) is 0 Å². The van der Waals surface area contributed by atoms with Crippen molar-refractivity contribution in [2.24, 2.45) is 0 Å². The minimum atomic E-state index is -0.0999. The molecule has 0 aromatic heterocycles. The van der Waals surface area contributed by atoms with E-state index in [0.29, 0.717) is 0 Å². The van der Waals surface area contributed by atoms with Crippen molar-refractivity contribution in [1.82, 2.24) is 4.90 Å². The lowest BCUT2D eigenvalue weighted by Crippen LogP contribution is -2.35. The van der Waals surface area contributed by atoms with Crippen LogP contribution in [0.4, 0.5) is 0 Å². The third kappa shape index (κ3) is 5.09. The van der Waals surface area contributed by atoms with Gasteiger partial charge in [0.25, 0.3) is 5.91 Å². The van der Waals surface area contributed by atoms with Crippen molar-refractivity contribution >= 4 is 5.91 Å². The van der Waals surface area contributed by atoms with Gasteiger partial charge in [-0.1, -0.05) is 81.0 Å². The zero-order valence-corrected chi connectivity index (χ0v) is 17.3. The van der Waals surface area contributed by atoms with Crippen LogP contribution in [0.3, 0.4) is 0 Å². The third-order valence-electron chi connectivity index (χ3n) is 5.15. The van der Waals surface area contributed by atoms with Gasteiger partial charge in [-0.25, -0.2) is 0 Å². The fourth-order valence-electron chi connectivity index (χ4n) is 3.83. The lowest BCUT2D eigenvalue weighted by atomic mass is 9.89. The van der Waals surface area contributed by atoms with Crippen LogP contribution in [0.2, 0.25) is 0 Å². The zero-order chi connectivity index (χ0) is 19.8. The fraction of sp³-hybridized carbons (Fsp3) is 0.400. The summed E-state index contributed by atoms with van der Waals surface area (Å²) in [4.78, 5) is 15.6. The Hall–Kier alpha value is -2.35. The molecule has 1 unspecified atom stereocenters. The van der Waals surface area contributed by atoms with Crippen molar-refractivity contribution in [2.75, 3.05) is 0 Å². The van der Waals surface area contributed by atoms with Crippen LogP contribution in [0.15, 0.2) is 77.6 Å². The SMILES string of the molecule is C=C(C)N(C(=O)/C(CC)=C(\C)CCC)C(C1=CC=CCC1)c1ccccc1. The largest absolute Gasteiger partial charge is 0.302 e. The van der Waals surface area contributed by atoms with E-state index in [-0.39, 0.29) is 11.9 Å². The average Bonchev–Trinajstić information content (AvgIpc) is 2.67. The molecule has 1 aromatic rings. The van der Waals surface area contributed by atoms with Crippen LogP contribution < -0.4 is 0 Å². The number of carbonyl (C=O) groups excluding carboxylic acids is 1. The molecule has 1 atom stereocenters. The molecule has 0 radical (unpaired) electrons. The van der Waals surface area contributed by atoms with E-state index in [1.165, 1.54) is 11.1 Å². The van der Waals surface area contributed by atoms with Gasteiger partial charge >= 0.3 is 0 Å². The van der Waals surface area contributed by atoms with Crippen LogP contribution >= 0.6 is 0 Å². The van der Waals surface area contributed by atoms with Crippen LogP contribution in [0.5, 0.6) is 0 Å². The smallest absolute Gasteiger partial charge is 0.254 e. The summed E-state index contributed by atoms with van der Waals surface area (Å²) in [5, 5.41) is 0. The number of hydrogen-bond acceptors (Lipinski definition) is 1. The zero-order valence-electron chi connectivity index (χ0n) is 17.3. The topological polar surface area (TPSA) is 20.3 Å². The van der Waals surface area contributed by atoms with Crippen molar-refractivity contribution in [3.05, 3.63) is 83.1 Å². The summed E-state index contributed by atoms with van der Waals surface area (Å²) < 4.78 is 0. The van der Waals surface area contributed by atoms with Crippen molar-refractivity contribution in [3.8, 4) is 0 Å². The van der Waals surface area contributed by atoms with Gasteiger partial charge in [-0.3, -0.25) is 4.79 Å². The molecule has 27 heavy (non-hydrogen) atoms. The normalized spacial score (nSPS) is 15.6. The highest BCUT2D eigenvalue weighted by Gasteiger charge is 2.30. The summed E-state index contributed by atoms with van der Waals surface area (Å²) in [7, 11) is 0. The summed E-state index contributed by atoms with van der Waals surface area (Å²) in [6.45, 7) is 12.4. The highest BCUT2D eigenvalue weighted by molar-refractivity contribution is 5.95. The van der Waals surface area contributed by atoms with Crippen molar-refractivity contribution in [1.29, 1.82) is 0 Å². The molecular formula is C25H33NO. The molecule has 1 aliphatic carbocycles. The Bertz CT molecular complexity index is 752. The number of hydrogen-bond donors (Lipinski definition) is 0. The molecule has 1 aromatic carbocycles. The molecule has 2 rings (SSSR count). The van der Waals surface area contributed by atoms with Crippen LogP contribution in [0.1, 0.15) is 71.4 Å². The van der Waals surface area contributed by atoms with Crippen LogP contribution in [0.25, 0.3) is 0 Å². The lowest BCUT2D eigenvalue weighted by Gasteiger charge is -2.36. The Morgan fingerprint density at radius 3 is 2.41 bits per heavy atom. The van der Waals surface area contributed by atoms with Crippen molar-refractivity contribution in [3.63, 3.8) is 0 Å². The van der Waals surface area contributed by atoms with E-state index in [9.17, 15) is 4.79 Å². The maximum Gasteiger partial charge on any atom is 0.254 e. The number of carbonyl (C=O) groups is 1. The fourth-order valence-corrected chi connectivity index (χ4v) is 3.83. The first-order chi connectivity index (χ1) is 13.0. The van der Waals surface area contributed by atoms with E-state index in [1.54, 1.807) is 0 Å². The maximum absolute atomic E-state index is 13.7. The maximum atomic E-state index is 13.7. The number of rotatable bonds is 8. The second-order valence-electron chi connectivity index (χ2n) is 7.29. The number of nitrogens with zero attached hydrogens (tertiary/aromatic N) is 1. The van der Waals surface area contributed by atoms with Crippen molar-refractivity contribution in [2.45, 2.75) is 65.8 Å². The van der Waals surface area contributed by atoms with Crippen molar-refractivity contribution < 1.29 is 4.79 Å². The monoisotopic (exact) mass is 363 g/mol. The second kappa shape index (κ2) is 10.1. The molecular weight excluding hydrogens is 330 g/mol. The van der Waals surface area contributed by atoms with Crippen LogP contribution in [-0.2, 0) is 4.79 Å². The highest BCUT2D eigenvalue weighted by Crippen LogP contribution is 2.36. The van der Waals surface area contributed by atoms with Gasteiger partial charge in [0, 0.05) is 11.3 Å². The number of allylic oxidation sites excluding steroid dienone is 5. The third-order valence-corrected chi connectivity index (χ3v) is 5.15. The quantitative estimate of drug-likeness (QED) is 0.460. The van der Waals surface area contributed by atoms with Gasteiger partial charge in [0.2, 0.25) is 0 Å². The number of benzene rings is 1.